The van der Waals surface area contributed by atoms with Crippen molar-refractivity contribution in [3.8, 4) is 34.0 Å². The lowest BCUT2D eigenvalue weighted by Crippen LogP contribution is -2.15. The number of para-hydroxylation sites is 3. The van der Waals surface area contributed by atoms with Crippen LogP contribution in [-0.4, -0.2) is 19.1 Å². The second-order valence-corrected chi connectivity index (χ2v) is 14.2. The minimum absolute atomic E-state index is 0.144. The van der Waals surface area contributed by atoms with Gasteiger partial charge in [0.15, 0.2) is 0 Å². The molecule has 1 aliphatic carbocycles. The molecule has 0 saturated heterocycles. The molecule has 0 atom stereocenters. The molecule has 0 bridgehead atoms. The predicted octanol–water partition coefficient (Wildman–Crippen LogP) is 11.8. The molecule has 0 aliphatic heterocycles. The lowest BCUT2D eigenvalue weighted by molar-refractivity contribution is 0.661. The summed E-state index contributed by atoms with van der Waals surface area (Å²) in [5.41, 5.74) is 13.8. The quantitative estimate of drug-likeness (QED) is 0.190. The number of hydrogen-bond acceptors (Lipinski definition) is 2. The van der Waals surface area contributed by atoms with Crippen molar-refractivity contribution in [3.05, 3.63) is 169 Å². The van der Waals surface area contributed by atoms with E-state index in [4.69, 9.17) is 9.97 Å². The van der Waals surface area contributed by atoms with Gasteiger partial charge in [0.1, 0.15) is 0 Å². The maximum atomic E-state index is 5.42. The van der Waals surface area contributed by atoms with Crippen molar-refractivity contribution in [1.82, 2.24) is 19.1 Å². The average Bonchev–Trinajstić information content (AvgIpc) is 3.76. The summed E-state index contributed by atoms with van der Waals surface area (Å²) in [6.07, 6.45) is 0. The van der Waals surface area contributed by atoms with E-state index in [0.717, 1.165) is 38.9 Å². The van der Waals surface area contributed by atoms with Crippen LogP contribution in [0.1, 0.15) is 25.0 Å². The second kappa shape index (κ2) is 10.3. The first kappa shape index (κ1) is 28.3. The maximum absolute atomic E-state index is 5.42. The Bertz CT molecular complexity index is 3000. The van der Waals surface area contributed by atoms with Crippen molar-refractivity contribution in [2.75, 3.05) is 0 Å². The molecule has 7 aromatic carbocycles. The zero-order valence-corrected chi connectivity index (χ0v) is 28.3. The molecule has 0 saturated carbocycles. The van der Waals surface area contributed by atoms with E-state index in [1.807, 2.05) is 0 Å². The molecule has 0 N–H and O–H groups in total. The van der Waals surface area contributed by atoms with E-state index < -0.39 is 0 Å². The zero-order chi connectivity index (χ0) is 33.8. The zero-order valence-electron chi connectivity index (χ0n) is 28.3. The van der Waals surface area contributed by atoms with Gasteiger partial charge in [0, 0.05) is 43.6 Å². The molecule has 4 heteroatoms. The van der Waals surface area contributed by atoms with Crippen molar-refractivity contribution >= 4 is 54.5 Å². The van der Waals surface area contributed by atoms with E-state index in [2.05, 4.69) is 181 Å². The maximum Gasteiger partial charge on any atom is 0.235 e. The van der Waals surface area contributed by atoms with Gasteiger partial charge in [-0.1, -0.05) is 129 Å². The molecule has 3 aromatic heterocycles. The summed E-state index contributed by atoms with van der Waals surface area (Å²) in [6.45, 7) is 4.69. The van der Waals surface area contributed by atoms with Crippen LogP contribution in [0, 0.1) is 0 Å². The van der Waals surface area contributed by atoms with Crippen molar-refractivity contribution in [3.63, 3.8) is 0 Å². The van der Waals surface area contributed by atoms with E-state index in [1.54, 1.807) is 0 Å². The molecule has 0 spiro atoms. The van der Waals surface area contributed by atoms with Crippen molar-refractivity contribution < 1.29 is 0 Å². The van der Waals surface area contributed by atoms with Crippen LogP contribution in [0.4, 0.5) is 0 Å². The van der Waals surface area contributed by atoms with Crippen LogP contribution in [0.5, 0.6) is 0 Å². The molecular weight excluding hydrogens is 621 g/mol. The van der Waals surface area contributed by atoms with Gasteiger partial charge in [-0.3, -0.25) is 4.57 Å². The molecule has 4 nitrogen and oxygen atoms in total. The Morgan fingerprint density at radius 2 is 1.06 bits per heavy atom. The summed E-state index contributed by atoms with van der Waals surface area (Å²) in [4.78, 5) is 10.7. The molecule has 0 amide bonds. The normalized spacial score (nSPS) is 13.5. The lowest BCUT2D eigenvalue weighted by atomic mass is 9.82. The Morgan fingerprint density at radius 1 is 0.431 bits per heavy atom. The Morgan fingerprint density at radius 3 is 1.84 bits per heavy atom. The SMILES string of the molecule is CC1(C)c2ccccc2-c2cc3c4ccc(-n5c6ccccc6c6ccccc65)cc4n(-c4nc(-c5ccccc5)c5ccccc5n4)c3cc21. The van der Waals surface area contributed by atoms with E-state index in [1.165, 1.54) is 54.8 Å². The van der Waals surface area contributed by atoms with E-state index in [-0.39, 0.29) is 5.41 Å². The number of rotatable bonds is 3. The molecule has 0 radical (unpaired) electrons. The lowest BCUT2D eigenvalue weighted by Gasteiger charge is -2.21. The number of benzene rings is 7. The molecule has 10 aromatic rings. The summed E-state index contributed by atoms with van der Waals surface area (Å²) in [5.74, 6) is 0.667. The van der Waals surface area contributed by atoms with E-state index >= 15 is 0 Å². The summed E-state index contributed by atoms with van der Waals surface area (Å²) in [5, 5.41) is 5.91. The number of fused-ring (bicyclic) bond motifs is 10. The van der Waals surface area contributed by atoms with Gasteiger partial charge in [-0.05, 0) is 64.7 Å². The van der Waals surface area contributed by atoms with Crippen molar-refractivity contribution in [2.45, 2.75) is 19.3 Å². The Kier molecular flexibility index (Phi) is 5.70. The molecule has 51 heavy (non-hydrogen) atoms. The Balaban J connectivity index is 1.27. The molecule has 11 rings (SSSR count). The number of aromatic nitrogens is 4. The highest BCUT2D eigenvalue weighted by Gasteiger charge is 2.36. The van der Waals surface area contributed by atoms with Gasteiger partial charge < -0.3 is 4.57 Å². The summed E-state index contributed by atoms with van der Waals surface area (Å²) in [7, 11) is 0. The molecule has 1 aliphatic rings. The monoisotopic (exact) mass is 652 g/mol. The standard InChI is InChI=1S/C47H32N4/c1-47(2)38-20-10-6-16-31(38)36-27-37-34-25-24-30(50-41-22-12-8-17-32(41)33-18-9-13-23-42(33)50)26-43(34)51(44(37)28-39(36)47)46-48-40-21-11-7-19-35(40)45(49-46)29-14-4-3-5-15-29/h3-28H,1-2H3. The number of hydrogen-bond donors (Lipinski definition) is 0. The summed E-state index contributed by atoms with van der Waals surface area (Å²) >= 11 is 0. The minimum atomic E-state index is -0.144. The fourth-order valence-electron chi connectivity index (χ4n) is 8.74. The van der Waals surface area contributed by atoms with Gasteiger partial charge >= 0.3 is 0 Å². The van der Waals surface area contributed by atoms with Crippen LogP contribution in [0.3, 0.4) is 0 Å². The first-order valence-corrected chi connectivity index (χ1v) is 17.6. The van der Waals surface area contributed by atoms with Crippen molar-refractivity contribution in [2.24, 2.45) is 0 Å². The summed E-state index contributed by atoms with van der Waals surface area (Å²) < 4.78 is 4.70. The second-order valence-electron chi connectivity index (χ2n) is 14.2. The smallest absolute Gasteiger partial charge is 0.235 e. The fourth-order valence-corrected chi connectivity index (χ4v) is 8.74. The minimum Gasteiger partial charge on any atom is -0.309 e. The van der Waals surface area contributed by atoms with Crippen LogP contribution in [0.25, 0.3) is 88.5 Å². The highest BCUT2D eigenvalue weighted by atomic mass is 15.2. The third kappa shape index (κ3) is 3.90. The first-order chi connectivity index (χ1) is 25.1. The largest absolute Gasteiger partial charge is 0.309 e. The van der Waals surface area contributed by atoms with Gasteiger partial charge in [0.25, 0.3) is 0 Å². The van der Waals surface area contributed by atoms with Gasteiger partial charge in [-0.25, -0.2) is 9.97 Å². The Hall–Kier alpha value is -6.52. The fraction of sp³-hybridized carbons (Fsp3) is 0.0638. The molecule has 0 unspecified atom stereocenters. The predicted molar refractivity (Wildman–Crippen MR) is 211 cm³/mol. The third-order valence-electron chi connectivity index (χ3n) is 11.1. The summed E-state index contributed by atoms with van der Waals surface area (Å²) in [6, 6.07) is 56.8. The number of nitrogens with zero attached hydrogens (tertiary/aromatic N) is 4. The van der Waals surface area contributed by atoms with Gasteiger partial charge in [-0.15, -0.1) is 0 Å². The van der Waals surface area contributed by atoms with E-state index in [0.29, 0.717) is 5.95 Å². The van der Waals surface area contributed by atoms with Gasteiger partial charge in [-0.2, -0.15) is 0 Å². The van der Waals surface area contributed by atoms with Gasteiger partial charge in [0.2, 0.25) is 5.95 Å². The Labute approximate surface area is 294 Å². The van der Waals surface area contributed by atoms with Crippen LogP contribution >= 0.6 is 0 Å². The molecule has 0 fully saturated rings. The van der Waals surface area contributed by atoms with E-state index in [9.17, 15) is 0 Å². The molecule has 3 heterocycles. The molecular formula is C47H32N4. The van der Waals surface area contributed by atoms with Crippen LogP contribution in [0.2, 0.25) is 0 Å². The highest BCUT2D eigenvalue weighted by molar-refractivity contribution is 6.13. The molecule has 240 valence electrons. The topological polar surface area (TPSA) is 35.6 Å². The van der Waals surface area contributed by atoms with Crippen molar-refractivity contribution in [1.29, 1.82) is 0 Å². The highest BCUT2D eigenvalue weighted by Crippen LogP contribution is 2.51. The van der Waals surface area contributed by atoms with Gasteiger partial charge in [0.05, 0.1) is 33.3 Å². The van der Waals surface area contributed by atoms with Crippen LogP contribution in [0.15, 0.2) is 158 Å². The van der Waals surface area contributed by atoms with Crippen LogP contribution < -0.4 is 0 Å². The van der Waals surface area contributed by atoms with Crippen LogP contribution in [-0.2, 0) is 5.41 Å². The first-order valence-electron chi connectivity index (χ1n) is 17.6. The average molecular weight is 653 g/mol. The third-order valence-corrected chi connectivity index (χ3v) is 11.1.